The highest BCUT2D eigenvalue weighted by Crippen LogP contribution is 2.29. The van der Waals surface area contributed by atoms with Crippen molar-refractivity contribution in [3.05, 3.63) is 58.9 Å². The molecule has 0 heterocycles. The first-order valence-corrected chi connectivity index (χ1v) is 7.42. The van der Waals surface area contributed by atoms with Gasteiger partial charge in [-0.2, -0.15) is 0 Å². The number of ether oxygens (including phenoxy) is 1. The summed E-state index contributed by atoms with van der Waals surface area (Å²) in [7, 11) is 0. The minimum atomic E-state index is -0.234. The predicted molar refractivity (Wildman–Crippen MR) is 85.7 cm³/mol. The summed E-state index contributed by atoms with van der Waals surface area (Å²) in [6.07, 6.45) is 0.937. The summed E-state index contributed by atoms with van der Waals surface area (Å²) in [5.74, 6) is 0.449. The molecule has 0 radical (unpaired) electrons. The molecule has 0 spiro atoms. The van der Waals surface area contributed by atoms with Crippen LogP contribution in [0.15, 0.2) is 42.5 Å². The van der Waals surface area contributed by atoms with E-state index < -0.39 is 0 Å². The van der Waals surface area contributed by atoms with E-state index in [-0.39, 0.29) is 11.9 Å². The predicted octanol–water partition coefficient (Wildman–Crippen LogP) is 5.44. The number of anilines is 1. The topological polar surface area (TPSA) is 21.3 Å². The van der Waals surface area contributed by atoms with Crippen LogP contribution in [0.1, 0.15) is 31.9 Å². The zero-order valence-corrected chi connectivity index (χ0v) is 13.0. The van der Waals surface area contributed by atoms with E-state index in [1.165, 1.54) is 12.1 Å². The molecule has 1 atom stereocenters. The Balaban J connectivity index is 2.07. The Hall–Kier alpha value is -1.74. The van der Waals surface area contributed by atoms with Crippen molar-refractivity contribution in [2.24, 2.45) is 0 Å². The van der Waals surface area contributed by atoms with Crippen LogP contribution >= 0.6 is 11.6 Å². The zero-order chi connectivity index (χ0) is 15.2. The SMILES string of the molecule is CCCOc1ccc(NC(C)c2cccc(F)c2)cc1Cl. The minimum absolute atomic E-state index is 0.0147. The van der Waals surface area contributed by atoms with Crippen molar-refractivity contribution in [3.8, 4) is 5.75 Å². The molecule has 2 aromatic rings. The molecule has 0 amide bonds. The highest BCUT2D eigenvalue weighted by Gasteiger charge is 2.08. The lowest BCUT2D eigenvalue weighted by atomic mass is 10.1. The van der Waals surface area contributed by atoms with E-state index in [9.17, 15) is 4.39 Å². The Bertz CT molecular complexity index is 603. The molecule has 0 fully saturated rings. The summed E-state index contributed by atoms with van der Waals surface area (Å²) in [5.41, 5.74) is 1.76. The molecule has 2 aromatic carbocycles. The molecule has 0 aliphatic heterocycles. The van der Waals surface area contributed by atoms with E-state index in [1.54, 1.807) is 6.07 Å². The lowest BCUT2D eigenvalue weighted by molar-refractivity contribution is 0.317. The molecular weight excluding hydrogens is 289 g/mol. The van der Waals surface area contributed by atoms with Gasteiger partial charge in [0, 0.05) is 11.7 Å². The van der Waals surface area contributed by atoms with Gasteiger partial charge in [0.05, 0.1) is 11.6 Å². The van der Waals surface area contributed by atoms with Crippen molar-refractivity contribution in [3.63, 3.8) is 0 Å². The normalized spacial score (nSPS) is 12.0. The van der Waals surface area contributed by atoms with E-state index in [4.69, 9.17) is 16.3 Å². The first kappa shape index (κ1) is 15.6. The lowest BCUT2D eigenvalue weighted by Gasteiger charge is -2.17. The zero-order valence-electron chi connectivity index (χ0n) is 12.2. The van der Waals surface area contributed by atoms with Crippen LogP contribution in [-0.2, 0) is 0 Å². The van der Waals surface area contributed by atoms with Crippen LogP contribution in [0.5, 0.6) is 5.75 Å². The van der Waals surface area contributed by atoms with Gasteiger partial charge in [-0.25, -0.2) is 4.39 Å². The van der Waals surface area contributed by atoms with E-state index in [2.05, 4.69) is 5.32 Å². The van der Waals surface area contributed by atoms with Gasteiger partial charge in [-0.05, 0) is 49.2 Å². The summed E-state index contributed by atoms with van der Waals surface area (Å²) in [6, 6.07) is 12.1. The van der Waals surface area contributed by atoms with Gasteiger partial charge in [0.1, 0.15) is 11.6 Å². The van der Waals surface area contributed by atoms with Gasteiger partial charge < -0.3 is 10.1 Å². The second-order valence-electron chi connectivity index (χ2n) is 4.91. The third-order valence-electron chi connectivity index (χ3n) is 3.13. The molecule has 2 rings (SSSR count). The summed E-state index contributed by atoms with van der Waals surface area (Å²) in [5, 5.41) is 3.87. The fraction of sp³-hybridized carbons (Fsp3) is 0.294. The Morgan fingerprint density at radius 3 is 2.71 bits per heavy atom. The molecule has 21 heavy (non-hydrogen) atoms. The van der Waals surface area contributed by atoms with E-state index in [0.717, 1.165) is 17.7 Å². The molecule has 2 nitrogen and oxygen atoms in total. The Kier molecular flexibility index (Phi) is 5.45. The highest BCUT2D eigenvalue weighted by atomic mass is 35.5. The molecule has 4 heteroatoms. The Labute approximate surface area is 129 Å². The number of benzene rings is 2. The van der Waals surface area contributed by atoms with Gasteiger partial charge in [-0.1, -0.05) is 30.7 Å². The highest BCUT2D eigenvalue weighted by molar-refractivity contribution is 6.32. The van der Waals surface area contributed by atoms with Crippen molar-refractivity contribution in [2.45, 2.75) is 26.3 Å². The van der Waals surface area contributed by atoms with Crippen molar-refractivity contribution in [1.82, 2.24) is 0 Å². The number of nitrogens with one attached hydrogen (secondary N) is 1. The van der Waals surface area contributed by atoms with Gasteiger partial charge >= 0.3 is 0 Å². The number of hydrogen-bond donors (Lipinski definition) is 1. The van der Waals surface area contributed by atoms with Crippen LogP contribution in [0, 0.1) is 5.82 Å². The largest absolute Gasteiger partial charge is 0.492 e. The van der Waals surface area contributed by atoms with Crippen LogP contribution in [0.2, 0.25) is 5.02 Å². The molecular formula is C17H19ClFNO. The average Bonchev–Trinajstić information content (AvgIpc) is 2.46. The summed E-state index contributed by atoms with van der Waals surface area (Å²) in [6.45, 7) is 4.67. The maximum Gasteiger partial charge on any atom is 0.138 e. The van der Waals surface area contributed by atoms with Gasteiger partial charge in [-0.15, -0.1) is 0 Å². The number of halogens is 2. The van der Waals surface area contributed by atoms with Crippen LogP contribution < -0.4 is 10.1 Å². The Morgan fingerprint density at radius 2 is 2.05 bits per heavy atom. The maximum absolute atomic E-state index is 13.2. The quantitative estimate of drug-likeness (QED) is 0.767. The van der Waals surface area contributed by atoms with Gasteiger partial charge in [0.15, 0.2) is 0 Å². The van der Waals surface area contributed by atoms with Gasteiger partial charge in [0.2, 0.25) is 0 Å². The maximum atomic E-state index is 13.2. The van der Waals surface area contributed by atoms with Crippen molar-refractivity contribution in [1.29, 1.82) is 0 Å². The van der Waals surface area contributed by atoms with Gasteiger partial charge in [0.25, 0.3) is 0 Å². The van der Waals surface area contributed by atoms with Crippen molar-refractivity contribution >= 4 is 17.3 Å². The average molecular weight is 308 g/mol. The summed E-state index contributed by atoms with van der Waals surface area (Å²) >= 11 is 6.19. The Morgan fingerprint density at radius 1 is 1.24 bits per heavy atom. The first-order valence-electron chi connectivity index (χ1n) is 7.04. The fourth-order valence-corrected chi connectivity index (χ4v) is 2.26. The van der Waals surface area contributed by atoms with Crippen LogP contribution in [0.25, 0.3) is 0 Å². The lowest BCUT2D eigenvalue weighted by Crippen LogP contribution is -2.07. The number of rotatable bonds is 6. The molecule has 0 aliphatic rings. The third-order valence-corrected chi connectivity index (χ3v) is 3.42. The van der Waals surface area contributed by atoms with Gasteiger partial charge in [-0.3, -0.25) is 0 Å². The molecule has 1 unspecified atom stereocenters. The molecule has 0 saturated heterocycles. The van der Waals surface area contributed by atoms with Crippen molar-refractivity contribution in [2.75, 3.05) is 11.9 Å². The molecule has 1 N–H and O–H groups in total. The van der Waals surface area contributed by atoms with Crippen LogP contribution in [0.3, 0.4) is 0 Å². The standard InChI is InChI=1S/C17H19ClFNO/c1-3-9-21-17-8-7-15(11-16(17)18)20-12(2)13-5-4-6-14(19)10-13/h4-8,10-12,20H,3,9H2,1-2H3. The molecule has 0 bridgehead atoms. The second-order valence-corrected chi connectivity index (χ2v) is 5.32. The fourth-order valence-electron chi connectivity index (χ4n) is 2.03. The minimum Gasteiger partial charge on any atom is -0.492 e. The second kappa shape index (κ2) is 7.32. The molecule has 0 aliphatic carbocycles. The van der Waals surface area contributed by atoms with Crippen LogP contribution in [-0.4, -0.2) is 6.61 Å². The summed E-state index contributed by atoms with van der Waals surface area (Å²) in [4.78, 5) is 0. The molecule has 0 saturated carbocycles. The number of hydrogen-bond acceptors (Lipinski definition) is 2. The van der Waals surface area contributed by atoms with Crippen LogP contribution in [0.4, 0.5) is 10.1 Å². The summed E-state index contributed by atoms with van der Waals surface area (Å²) < 4.78 is 18.8. The molecule has 0 aromatic heterocycles. The molecule has 112 valence electrons. The first-order chi connectivity index (χ1) is 10.1. The van der Waals surface area contributed by atoms with Crippen molar-refractivity contribution < 1.29 is 9.13 Å². The third kappa shape index (κ3) is 4.36. The van der Waals surface area contributed by atoms with E-state index in [0.29, 0.717) is 17.4 Å². The monoisotopic (exact) mass is 307 g/mol. The van der Waals surface area contributed by atoms with E-state index in [1.807, 2.05) is 38.1 Å². The van der Waals surface area contributed by atoms with E-state index >= 15 is 0 Å². The smallest absolute Gasteiger partial charge is 0.138 e.